The van der Waals surface area contributed by atoms with Crippen LogP contribution in [0.15, 0.2) is 17.1 Å². The fourth-order valence-corrected chi connectivity index (χ4v) is 3.69. The molecule has 0 unspecified atom stereocenters. The lowest BCUT2D eigenvalue weighted by Crippen LogP contribution is -2.52. The first-order valence-corrected chi connectivity index (χ1v) is 11.3. The fraction of sp³-hybridized carbons (Fsp3) is 0.652. The van der Waals surface area contributed by atoms with Crippen LogP contribution >= 0.6 is 24.0 Å². The minimum Gasteiger partial charge on any atom is -0.493 e. The Morgan fingerprint density at radius 3 is 2.15 bits per heavy atom. The maximum Gasteiger partial charge on any atom is 0.222 e. The molecule has 1 aromatic rings. The standard InChI is InChI=1S/C23H39N5O4.HI/c1-7-24-23(25-9-8-21(29)26-17(2)3)28-12-10-27(11-13-28)16-18-14-19(30-4)22(32-6)20(15-18)31-5;/h14-15,17H,7-13,16H2,1-6H3,(H,24,25)(H,26,29);1H. The molecule has 1 amide bonds. The van der Waals surface area contributed by atoms with Gasteiger partial charge in [0.2, 0.25) is 11.7 Å². The Hall–Kier alpha value is -1.95. The second-order valence-electron chi connectivity index (χ2n) is 8.00. The number of hydrogen-bond acceptors (Lipinski definition) is 6. The van der Waals surface area contributed by atoms with Crippen molar-refractivity contribution in [3.05, 3.63) is 17.7 Å². The van der Waals surface area contributed by atoms with Crippen LogP contribution in [0.2, 0.25) is 0 Å². The lowest BCUT2D eigenvalue weighted by atomic mass is 10.1. The molecular formula is C23H40IN5O4. The van der Waals surface area contributed by atoms with Crippen LogP contribution in [0.1, 0.15) is 32.8 Å². The van der Waals surface area contributed by atoms with Crippen molar-refractivity contribution in [1.29, 1.82) is 0 Å². The monoisotopic (exact) mass is 577 g/mol. The molecule has 9 nitrogen and oxygen atoms in total. The Morgan fingerprint density at radius 2 is 1.67 bits per heavy atom. The predicted molar refractivity (Wildman–Crippen MR) is 142 cm³/mol. The number of piperazine rings is 1. The summed E-state index contributed by atoms with van der Waals surface area (Å²) in [7, 11) is 4.88. The molecule has 1 aliphatic rings. The zero-order chi connectivity index (χ0) is 23.5. The predicted octanol–water partition coefficient (Wildman–Crippen LogP) is 2.33. The summed E-state index contributed by atoms with van der Waals surface area (Å²) in [4.78, 5) is 21.2. The molecule has 0 saturated carbocycles. The number of carbonyl (C=O) groups excluding carboxylic acids is 1. The Labute approximate surface area is 215 Å². The van der Waals surface area contributed by atoms with Gasteiger partial charge in [-0.1, -0.05) is 0 Å². The van der Waals surface area contributed by atoms with E-state index in [2.05, 4.69) is 32.3 Å². The number of rotatable bonds is 10. The van der Waals surface area contributed by atoms with E-state index in [0.717, 1.165) is 50.8 Å². The summed E-state index contributed by atoms with van der Waals surface area (Å²) in [6, 6.07) is 4.15. The zero-order valence-electron chi connectivity index (χ0n) is 20.8. The molecule has 2 N–H and O–H groups in total. The second kappa shape index (κ2) is 15.0. The molecule has 10 heteroatoms. The van der Waals surface area contributed by atoms with E-state index < -0.39 is 0 Å². The lowest BCUT2D eigenvalue weighted by Gasteiger charge is -2.36. The number of aliphatic imine (C=N–C) groups is 1. The number of nitrogens with one attached hydrogen (secondary N) is 2. The van der Waals surface area contributed by atoms with E-state index in [1.54, 1.807) is 21.3 Å². The molecule has 0 atom stereocenters. The fourth-order valence-electron chi connectivity index (χ4n) is 3.69. The highest BCUT2D eigenvalue weighted by molar-refractivity contribution is 14.0. The third-order valence-electron chi connectivity index (χ3n) is 5.19. The first-order chi connectivity index (χ1) is 15.4. The molecule has 1 aromatic carbocycles. The van der Waals surface area contributed by atoms with E-state index >= 15 is 0 Å². The van der Waals surface area contributed by atoms with Gasteiger partial charge in [0.05, 0.1) is 27.9 Å². The largest absolute Gasteiger partial charge is 0.493 e. The SMILES string of the molecule is CCNC(=NCCC(=O)NC(C)C)N1CCN(Cc2cc(OC)c(OC)c(OC)c2)CC1.I. The minimum atomic E-state index is 0. The van der Waals surface area contributed by atoms with Crippen LogP contribution in [-0.2, 0) is 11.3 Å². The van der Waals surface area contributed by atoms with Gasteiger partial charge >= 0.3 is 0 Å². The summed E-state index contributed by atoms with van der Waals surface area (Å²) in [6.45, 7) is 11.6. The number of hydrogen-bond donors (Lipinski definition) is 2. The molecule has 0 aromatic heterocycles. The van der Waals surface area contributed by atoms with E-state index in [1.807, 2.05) is 26.0 Å². The van der Waals surface area contributed by atoms with Crippen molar-refractivity contribution >= 4 is 35.8 Å². The highest BCUT2D eigenvalue weighted by Gasteiger charge is 2.21. The average molecular weight is 578 g/mol. The second-order valence-corrected chi connectivity index (χ2v) is 8.00. The molecular weight excluding hydrogens is 537 g/mol. The van der Waals surface area contributed by atoms with Crippen molar-refractivity contribution in [1.82, 2.24) is 20.4 Å². The van der Waals surface area contributed by atoms with Crippen LogP contribution in [0, 0.1) is 0 Å². The van der Waals surface area contributed by atoms with Crippen LogP contribution < -0.4 is 24.8 Å². The first kappa shape index (κ1) is 29.1. The quantitative estimate of drug-likeness (QED) is 0.251. The molecule has 0 aliphatic carbocycles. The van der Waals surface area contributed by atoms with Gasteiger partial charge in [0.25, 0.3) is 0 Å². The summed E-state index contributed by atoms with van der Waals surface area (Å²) in [5.74, 6) is 2.86. The van der Waals surface area contributed by atoms with E-state index in [-0.39, 0.29) is 35.9 Å². The highest BCUT2D eigenvalue weighted by Crippen LogP contribution is 2.38. The smallest absolute Gasteiger partial charge is 0.222 e. The average Bonchev–Trinajstić information content (AvgIpc) is 2.77. The van der Waals surface area contributed by atoms with Crippen LogP contribution in [0.25, 0.3) is 0 Å². The van der Waals surface area contributed by atoms with E-state index in [4.69, 9.17) is 14.2 Å². The van der Waals surface area contributed by atoms with Gasteiger partial charge in [0, 0.05) is 51.7 Å². The van der Waals surface area contributed by atoms with Crippen molar-refractivity contribution < 1.29 is 19.0 Å². The van der Waals surface area contributed by atoms with Gasteiger partial charge in [0.1, 0.15) is 0 Å². The van der Waals surface area contributed by atoms with Crippen LogP contribution in [0.5, 0.6) is 17.2 Å². The number of benzene rings is 1. The van der Waals surface area contributed by atoms with Crippen LogP contribution in [-0.4, -0.2) is 88.3 Å². The molecule has 33 heavy (non-hydrogen) atoms. The maximum atomic E-state index is 11.9. The third-order valence-corrected chi connectivity index (χ3v) is 5.19. The zero-order valence-corrected chi connectivity index (χ0v) is 23.1. The number of guanidine groups is 1. The van der Waals surface area contributed by atoms with Crippen molar-refractivity contribution in [2.24, 2.45) is 4.99 Å². The topological polar surface area (TPSA) is 87.7 Å². The minimum absolute atomic E-state index is 0. The molecule has 1 aliphatic heterocycles. The lowest BCUT2D eigenvalue weighted by molar-refractivity contribution is -0.121. The number of nitrogens with zero attached hydrogens (tertiary/aromatic N) is 3. The number of methoxy groups -OCH3 is 3. The number of amides is 1. The Bertz CT molecular complexity index is 742. The summed E-state index contributed by atoms with van der Waals surface area (Å²) < 4.78 is 16.4. The van der Waals surface area contributed by atoms with E-state index in [0.29, 0.717) is 30.2 Å². The number of carbonyl (C=O) groups is 1. The normalized spacial score (nSPS) is 14.5. The summed E-state index contributed by atoms with van der Waals surface area (Å²) in [5, 5.41) is 6.26. The van der Waals surface area contributed by atoms with Gasteiger partial charge in [0.15, 0.2) is 17.5 Å². The van der Waals surface area contributed by atoms with Crippen LogP contribution in [0.3, 0.4) is 0 Å². The number of ether oxygens (including phenoxy) is 3. The summed E-state index contributed by atoms with van der Waals surface area (Å²) in [5.41, 5.74) is 1.12. The first-order valence-electron chi connectivity index (χ1n) is 11.3. The van der Waals surface area contributed by atoms with Gasteiger partial charge in [-0.3, -0.25) is 14.7 Å². The molecule has 0 radical (unpaired) electrons. The summed E-state index contributed by atoms with van der Waals surface area (Å²) >= 11 is 0. The molecule has 0 bridgehead atoms. The Kier molecular flexibility index (Phi) is 13.3. The van der Waals surface area contributed by atoms with Crippen LogP contribution in [0.4, 0.5) is 0 Å². The maximum absolute atomic E-state index is 11.9. The molecule has 1 heterocycles. The molecule has 2 rings (SSSR count). The molecule has 0 spiro atoms. The van der Waals surface area contributed by atoms with Gasteiger partial charge in [-0.05, 0) is 38.5 Å². The Morgan fingerprint density at radius 1 is 1.06 bits per heavy atom. The van der Waals surface area contributed by atoms with Crippen molar-refractivity contribution in [3.8, 4) is 17.2 Å². The van der Waals surface area contributed by atoms with Crippen molar-refractivity contribution in [3.63, 3.8) is 0 Å². The molecule has 188 valence electrons. The Balaban J connectivity index is 0.00000544. The number of halogens is 1. The summed E-state index contributed by atoms with van der Waals surface area (Å²) in [6.07, 6.45) is 0.397. The van der Waals surface area contributed by atoms with E-state index in [1.165, 1.54) is 0 Å². The highest BCUT2D eigenvalue weighted by atomic mass is 127. The van der Waals surface area contributed by atoms with Crippen molar-refractivity contribution in [2.75, 3.05) is 60.6 Å². The third kappa shape index (κ3) is 9.07. The van der Waals surface area contributed by atoms with Crippen molar-refractivity contribution in [2.45, 2.75) is 39.8 Å². The van der Waals surface area contributed by atoms with Gasteiger partial charge < -0.3 is 29.7 Å². The van der Waals surface area contributed by atoms with Gasteiger partial charge in [-0.25, -0.2) is 0 Å². The van der Waals surface area contributed by atoms with E-state index in [9.17, 15) is 4.79 Å². The van der Waals surface area contributed by atoms with Gasteiger partial charge in [-0.15, -0.1) is 24.0 Å². The molecule has 1 fully saturated rings. The molecule has 1 saturated heterocycles. The van der Waals surface area contributed by atoms with Gasteiger partial charge in [-0.2, -0.15) is 0 Å².